The second-order valence-corrected chi connectivity index (χ2v) is 5.63. The van der Waals surface area contributed by atoms with E-state index >= 15 is 0 Å². The SMILES string of the molecule is Cc1ccc(C(=O)Nc2cccc3c2CCCN3)c(C)c1. The minimum absolute atomic E-state index is 0.0357. The van der Waals surface area contributed by atoms with Crippen LogP contribution in [0.5, 0.6) is 0 Å². The molecule has 3 heteroatoms. The molecule has 21 heavy (non-hydrogen) atoms. The molecule has 3 nitrogen and oxygen atoms in total. The molecule has 2 aromatic rings. The maximum Gasteiger partial charge on any atom is 0.255 e. The van der Waals surface area contributed by atoms with Crippen LogP contribution >= 0.6 is 0 Å². The van der Waals surface area contributed by atoms with Gasteiger partial charge in [-0.2, -0.15) is 0 Å². The van der Waals surface area contributed by atoms with Gasteiger partial charge in [0.15, 0.2) is 0 Å². The third-order valence-corrected chi connectivity index (χ3v) is 3.97. The van der Waals surface area contributed by atoms with E-state index in [0.717, 1.165) is 41.9 Å². The van der Waals surface area contributed by atoms with Crippen molar-refractivity contribution in [2.24, 2.45) is 0 Å². The van der Waals surface area contributed by atoms with Gasteiger partial charge in [0, 0.05) is 23.5 Å². The van der Waals surface area contributed by atoms with Crippen molar-refractivity contribution in [2.45, 2.75) is 26.7 Å². The number of rotatable bonds is 2. The molecule has 0 saturated heterocycles. The average Bonchev–Trinajstić information content (AvgIpc) is 2.47. The Hall–Kier alpha value is -2.29. The van der Waals surface area contributed by atoms with Crippen LogP contribution in [0.4, 0.5) is 11.4 Å². The zero-order chi connectivity index (χ0) is 14.8. The lowest BCUT2D eigenvalue weighted by atomic mass is 10.0. The number of aryl methyl sites for hydroxylation is 2. The van der Waals surface area contributed by atoms with Gasteiger partial charge in [-0.05, 0) is 56.0 Å². The molecule has 0 aromatic heterocycles. The number of carbonyl (C=O) groups is 1. The van der Waals surface area contributed by atoms with Gasteiger partial charge in [0.05, 0.1) is 0 Å². The number of fused-ring (bicyclic) bond motifs is 1. The molecule has 1 aliphatic rings. The fraction of sp³-hybridized carbons (Fsp3) is 0.278. The summed E-state index contributed by atoms with van der Waals surface area (Å²) in [5, 5.41) is 6.45. The first-order valence-corrected chi connectivity index (χ1v) is 7.39. The summed E-state index contributed by atoms with van der Waals surface area (Å²) in [6.45, 7) is 5.01. The van der Waals surface area contributed by atoms with Crippen molar-refractivity contribution in [3.8, 4) is 0 Å². The normalized spacial score (nSPS) is 13.2. The third-order valence-electron chi connectivity index (χ3n) is 3.97. The molecule has 0 saturated carbocycles. The lowest BCUT2D eigenvalue weighted by Crippen LogP contribution is -2.18. The van der Waals surface area contributed by atoms with Gasteiger partial charge in [0.1, 0.15) is 0 Å². The van der Waals surface area contributed by atoms with E-state index < -0.39 is 0 Å². The van der Waals surface area contributed by atoms with Gasteiger partial charge >= 0.3 is 0 Å². The topological polar surface area (TPSA) is 41.1 Å². The smallest absolute Gasteiger partial charge is 0.255 e. The summed E-state index contributed by atoms with van der Waals surface area (Å²) in [5.41, 5.74) is 6.19. The quantitative estimate of drug-likeness (QED) is 0.875. The van der Waals surface area contributed by atoms with E-state index in [0.29, 0.717) is 0 Å². The highest BCUT2D eigenvalue weighted by molar-refractivity contribution is 6.06. The zero-order valence-corrected chi connectivity index (χ0v) is 12.5. The van der Waals surface area contributed by atoms with Crippen molar-refractivity contribution in [1.29, 1.82) is 0 Å². The number of hydrogen-bond acceptors (Lipinski definition) is 2. The van der Waals surface area contributed by atoms with Crippen molar-refractivity contribution in [3.05, 3.63) is 58.7 Å². The van der Waals surface area contributed by atoms with Crippen molar-refractivity contribution >= 4 is 17.3 Å². The first kappa shape index (κ1) is 13.7. The second kappa shape index (κ2) is 5.60. The summed E-state index contributed by atoms with van der Waals surface area (Å²) in [4.78, 5) is 12.5. The van der Waals surface area contributed by atoms with E-state index in [4.69, 9.17) is 0 Å². The summed E-state index contributed by atoms with van der Waals surface area (Å²) in [6, 6.07) is 11.9. The first-order valence-electron chi connectivity index (χ1n) is 7.39. The van der Waals surface area contributed by atoms with Crippen LogP contribution in [0.3, 0.4) is 0 Å². The zero-order valence-electron chi connectivity index (χ0n) is 12.5. The molecule has 1 amide bonds. The van der Waals surface area contributed by atoms with E-state index in [-0.39, 0.29) is 5.91 Å². The molecule has 1 aliphatic heterocycles. The molecular weight excluding hydrogens is 260 g/mol. The second-order valence-electron chi connectivity index (χ2n) is 5.63. The molecule has 0 atom stereocenters. The Morgan fingerprint density at radius 3 is 2.86 bits per heavy atom. The maximum absolute atomic E-state index is 12.5. The largest absolute Gasteiger partial charge is 0.385 e. The van der Waals surface area contributed by atoms with Crippen molar-refractivity contribution in [3.63, 3.8) is 0 Å². The highest BCUT2D eigenvalue weighted by Crippen LogP contribution is 2.29. The van der Waals surface area contributed by atoms with E-state index in [1.165, 1.54) is 11.1 Å². The Bertz CT molecular complexity index is 692. The Balaban J connectivity index is 1.88. The van der Waals surface area contributed by atoms with Crippen molar-refractivity contribution < 1.29 is 4.79 Å². The molecule has 3 rings (SSSR count). The Morgan fingerprint density at radius 1 is 1.19 bits per heavy atom. The van der Waals surface area contributed by atoms with Crippen LogP contribution in [0.15, 0.2) is 36.4 Å². The summed E-state index contributed by atoms with van der Waals surface area (Å²) in [7, 11) is 0. The Labute approximate surface area is 125 Å². The molecule has 2 aromatic carbocycles. The predicted octanol–water partition coefficient (Wildman–Crippen LogP) is 3.91. The van der Waals surface area contributed by atoms with Crippen LogP contribution in [0.2, 0.25) is 0 Å². The molecule has 0 fully saturated rings. The molecule has 1 heterocycles. The van der Waals surface area contributed by atoms with Crippen LogP contribution < -0.4 is 10.6 Å². The van der Waals surface area contributed by atoms with Crippen molar-refractivity contribution in [2.75, 3.05) is 17.2 Å². The minimum atomic E-state index is -0.0357. The average molecular weight is 280 g/mol. The van der Waals surface area contributed by atoms with Gasteiger partial charge in [-0.3, -0.25) is 4.79 Å². The number of anilines is 2. The number of amides is 1. The van der Waals surface area contributed by atoms with E-state index in [1.807, 2.05) is 44.2 Å². The third kappa shape index (κ3) is 2.77. The molecule has 108 valence electrons. The van der Waals surface area contributed by atoms with E-state index in [9.17, 15) is 4.79 Å². The van der Waals surface area contributed by atoms with Crippen LogP contribution in [0.1, 0.15) is 33.5 Å². The summed E-state index contributed by atoms with van der Waals surface area (Å²) in [5.74, 6) is -0.0357. The van der Waals surface area contributed by atoms with E-state index in [2.05, 4.69) is 16.7 Å². The highest BCUT2D eigenvalue weighted by Gasteiger charge is 2.15. The molecule has 0 unspecified atom stereocenters. The predicted molar refractivity (Wildman–Crippen MR) is 87.1 cm³/mol. The monoisotopic (exact) mass is 280 g/mol. The number of nitrogens with one attached hydrogen (secondary N) is 2. The summed E-state index contributed by atoms with van der Waals surface area (Å²) < 4.78 is 0. The van der Waals surface area contributed by atoms with Gasteiger partial charge in [0.2, 0.25) is 0 Å². The molecule has 0 radical (unpaired) electrons. The number of hydrogen-bond donors (Lipinski definition) is 2. The van der Waals surface area contributed by atoms with Gasteiger partial charge < -0.3 is 10.6 Å². The standard InChI is InChI=1S/C18H20N2O/c1-12-8-9-14(13(2)11-12)18(21)20-17-7-3-6-16-15(17)5-4-10-19-16/h3,6-9,11,19H,4-5,10H2,1-2H3,(H,20,21). The highest BCUT2D eigenvalue weighted by atomic mass is 16.1. The van der Waals surface area contributed by atoms with Crippen LogP contribution in [-0.4, -0.2) is 12.5 Å². The maximum atomic E-state index is 12.5. The fourth-order valence-corrected chi connectivity index (χ4v) is 2.89. The fourth-order valence-electron chi connectivity index (χ4n) is 2.89. The van der Waals surface area contributed by atoms with Gasteiger partial charge in [-0.25, -0.2) is 0 Å². The lowest BCUT2D eigenvalue weighted by molar-refractivity contribution is 0.102. The Kier molecular flexibility index (Phi) is 3.65. The summed E-state index contributed by atoms with van der Waals surface area (Å²) >= 11 is 0. The molecular formula is C18H20N2O. The molecule has 0 bridgehead atoms. The molecule has 2 N–H and O–H groups in total. The van der Waals surface area contributed by atoms with E-state index in [1.54, 1.807) is 0 Å². The van der Waals surface area contributed by atoms with Crippen molar-refractivity contribution in [1.82, 2.24) is 0 Å². The summed E-state index contributed by atoms with van der Waals surface area (Å²) in [6.07, 6.45) is 2.11. The van der Waals surface area contributed by atoms with Crippen LogP contribution in [0, 0.1) is 13.8 Å². The van der Waals surface area contributed by atoms with Gasteiger partial charge in [-0.1, -0.05) is 23.8 Å². The minimum Gasteiger partial charge on any atom is -0.385 e. The molecule has 0 spiro atoms. The lowest BCUT2D eigenvalue weighted by Gasteiger charge is -2.21. The molecule has 0 aliphatic carbocycles. The number of benzene rings is 2. The first-order chi connectivity index (χ1) is 10.1. The van der Waals surface area contributed by atoms with Gasteiger partial charge in [0.25, 0.3) is 5.91 Å². The number of carbonyl (C=O) groups excluding carboxylic acids is 1. The van der Waals surface area contributed by atoms with Crippen LogP contribution in [0.25, 0.3) is 0 Å². The van der Waals surface area contributed by atoms with Crippen LogP contribution in [-0.2, 0) is 6.42 Å². The Morgan fingerprint density at radius 2 is 2.05 bits per heavy atom. The van der Waals surface area contributed by atoms with Gasteiger partial charge in [-0.15, -0.1) is 0 Å².